The number of hydrogen-bond acceptors (Lipinski definition) is 8. The van der Waals surface area contributed by atoms with E-state index in [1.54, 1.807) is 18.2 Å². The number of H-pyrrole nitrogens is 1. The van der Waals surface area contributed by atoms with E-state index < -0.39 is 5.97 Å². The van der Waals surface area contributed by atoms with Gasteiger partial charge in [-0.2, -0.15) is 0 Å². The first-order chi connectivity index (χ1) is 17.0. The summed E-state index contributed by atoms with van der Waals surface area (Å²) < 4.78 is 6.86. The second kappa shape index (κ2) is 9.91. The number of esters is 1. The van der Waals surface area contributed by atoms with Crippen molar-refractivity contribution in [2.45, 2.75) is 37.1 Å². The summed E-state index contributed by atoms with van der Waals surface area (Å²) >= 11 is 1.45. The molecule has 0 unspecified atom stereocenters. The fourth-order valence-corrected chi connectivity index (χ4v) is 5.03. The molecule has 0 saturated carbocycles. The molecule has 35 heavy (non-hydrogen) atoms. The van der Waals surface area contributed by atoms with Gasteiger partial charge in [0.05, 0.1) is 35.0 Å². The van der Waals surface area contributed by atoms with E-state index in [1.165, 1.54) is 30.9 Å². The van der Waals surface area contributed by atoms with Crippen LogP contribution < -0.4 is 10.5 Å². The van der Waals surface area contributed by atoms with Crippen molar-refractivity contribution in [1.29, 1.82) is 0 Å². The smallest absolute Gasteiger partial charge is 0.337 e. The van der Waals surface area contributed by atoms with E-state index in [-0.39, 0.29) is 5.56 Å². The average Bonchev–Trinajstić information content (AvgIpc) is 3.31. The molecule has 9 nitrogen and oxygen atoms in total. The lowest BCUT2D eigenvalue weighted by atomic mass is 10.1. The van der Waals surface area contributed by atoms with E-state index in [4.69, 9.17) is 4.74 Å². The Bertz CT molecular complexity index is 1420. The minimum Gasteiger partial charge on any atom is -0.465 e. The Kier molecular flexibility index (Phi) is 6.54. The van der Waals surface area contributed by atoms with Crippen molar-refractivity contribution in [3.63, 3.8) is 0 Å². The largest absolute Gasteiger partial charge is 0.465 e. The summed E-state index contributed by atoms with van der Waals surface area (Å²) in [7, 11) is 1.32. The average molecular weight is 491 g/mol. The van der Waals surface area contributed by atoms with Gasteiger partial charge in [-0.1, -0.05) is 29.5 Å². The highest BCUT2D eigenvalue weighted by Gasteiger charge is 2.22. The van der Waals surface area contributed by atoms with Crippen LogP contribution in [0.2, 0.25) is 0 Å². The van der Waals surface area contributed by atoms with Crippen LogP contribution in [0.3, 0.4) is 0 Å². The van der Waals surface area contributed by atoms with Crippen LogP contribution in [-0.2, 0) is 10.5 Å². The van der Waals surface area contributed by atoms with Crippen molar-refractivity contribution in [3.05, 3.63) is 69.8 Å². The van der Waals surface area contributed by atoms with E-state index >= 15 is 0 Å². The van der Waals surface area contributed by atoms with Gasteiger partial charge < -0.3 is 14.6 Å². The van der Waals surface area contributed by atoms with Gasteiger partial charge in [-0.25, -0.2) is 9.78 Å². The Balaban J connectivity index is 1.47. The van der Waals surface area contributed by atoms with Gasteiger partial charge in [0.1, 0.15) is 5.82 Å². The molecule has 2 aromatic heterocycles. The van der Waals surface area contributed by atoms with Crippen LogP contribution in [0, 0.1) is 6.92 Å². The van der Waals surface area contributed by atoms with Gasteiger partial charge >= 0.3 is 5.97 Å². The molecule has 1 N–H and O–H groups in total. The molecular weight excluding hydrogens is 464 g/mol. The number of rotatable bonds is 6. The molecule has 2 aromatic carbocycles. The number of fused-ring (bicyclic) bond motifs is 1. The van der Waals surface area contributed by atoms with E-state index in [0.29, 0.717) is 28.0 Å². The van der Waals surface area contributed by atoms with Crippen molar-refractivity contribution in [3.8, 4) is 5.69 Å². The third kappa shape index (κ3) is 4.79. The minimum atomic E-state index is -0.471. The van der Waals surface area contributed by atoms with Gasteiger partial charge in [0.15, 0.2) is 5.16 Å². The molecule has 0 atom stereocenters. The monoisotopic (exact) mass is 490 g/mol. The normalized spacial score (nSPS) is 13.8. The fourth-order valence-electron chi connectivity index (χ4n) is 4.21. The highest BCUT2D eigenvalue weighted by Crippen LogP contribution is 2.30. The van der Waals surface area contributed by atoms with Crippen molar-refractivity contribution in [1.82, 2.24) is 24.7 Å². The maximum atomic E-state index is 12.6. The summed E-state index contributed by atoms with van der Waals surface area (Å²) in [6, 6.07) is 13.0. The first kappa shape index (κ1) is 23.1. The summed E-state index contributed by atoms with van der Waals surface area (Å²) in [4.78, 5) is 34.3. The number of anilines is 1. The first-order valence-corrected chi connectivity index (χ1v) is 12.5. The molecular formula is C25H26N6O3S. The first-order valence-electron chi connectivity index (χ1n) is 11.5. The van der Waals surface area contributed by atoms with Crippen molar-refractivity contribution in [2.24, 2.45) is 0 Å². The Labute approximate surface area is 206 Å². The predicted octanol–water partition coefficient (Wildman–Crippen LogP) is 3.88. The molecule has 1 aliphatic rings. The Hall–Kier alpha value is -3.66. The maximum absolute atomic E-state index is 12.6. The zero-order valence-electron chi connectivity index (χ0n) is 19.7. The second-order valence-electron chi connectivity index (χ2n) is 8.53. The van der Waals surface area contributed by atoms with E-state index in [2.05, 4.69) is 60.8 Å². The zero-order valence-corrected chi connectivity index (χ0v) is 20.5. The molecule has 4 aromatic rings. The Morgan fingerprint density at radius 1 is 1.09 bits per heavy atom. The SMILES string of the molecule is COC(=O)c1ccc2c(=O)[nH]c(CSc3nnc(N4CCCCC4)n3-c3ccc(C)cc3)nc2c1. The molecule has 0 bridgehead atoms. The quantitative estimate of drug-likeness (QED) is 0.321. The maximum Gasteiger partial charge on any atom is 0.337 e. The molecule has 1 aliphatic heterocycles. The molecule has 1 fully saturated rings. The van der Waals surface area contributed by atoms with Gasteiger partial charge in [-0.3, -0.25) is 9.36 Å². The standard InChI is InChI=1S/C25H26N6O3S/c1-16-6-9-18(10-7-16)31-24(30-12-4-3-5-13-30)28-29-25(31)35-15-21-26-20-14-17(23(33)34-2)8-11-19(20)22(32)27-21/h6-11,14H,3-5,12-13,15H2,1-2H3,(H,26,27,32). The molecule has 0 aliphatic carbocycles. The van der Waals surface area contributed by atoms with Gasteiger partial charge in [0.2, 0.25) is 5.95 Å². The van der Waals surface area contributed by atoms with Crippen LogP contribution >= 0.6 is 11.8 Å². The van der Waals surface area contributed by atoms with Crippen LogP contribution in [0.25, 0.3) is 16.6 Å². The van der Waals surface area contributed by atoms with Crippen LogP contribution in [-0.4, -0.2) is 50.9 Å². The summed E-state index contributed by atoms with van der Waals surface area (Å²) in [6.45, 7) is 3.97. The number of methoxy groups -OCH3 is 1. The number of carbonyl (C=O) groups excluding carboxylic acids is 1. The van der Waals surface area contributed by atoms with E-state index in [1.807, 2.05) is 0 Å². The minimum absolute atomic E-state index is 0.254. The molecule has 0 spiro atoms. The number of nitrogens with one attached hydrogen (secondary N) is 1. The fraction of sp³-hybridized carbons (Fsp3) is 0.320. The number of carbonyl (C=O) groups is 1. The number of piperidine rings is 1. The van der Waals surface area contributed by atoms with E-state index in [9.17, 15) is 9.59 Å². The number of benzene rings is 2. The topological polar surface area (TPSA) is 106 Å². The number of nitrogens with zero attached hydrogens (tertiary/aromatic N) is 5. The third-order valence-electron chi connectivity index (χ3n) is 6.06. The zero-order chi connectivity index (χ0) is 24.4. The summed E-state index contributed by atoms with van der Waals surface area (Å²) in [5.74, 6) is 1.24. The number of thioether (sulfide) groups is 1. The molecule has 10 heteroatoms. The van der Waals surface area contributed by atoms with Crippen molar-refractivity contribution < 1.29 is 9.53 Å². The van der Waals surface area contributed by atoms with E-state index in [0.717, 1.165) is 42.7 Å². The lowest BCUT2D eigenvalue weighted by Crippen LogP contribution is -2.31. The van der Waals surface area contributed by atoms with Gasteiger partial charge in [-0.15, -0.1) is 10.2 Å². The van der Waals surface area contributed by atoms with Crippen molar-refractivity contribution in [2.75, 3.05) is 25.1 Å². The molecule has 5 rings (SSSR count). The molecule has 180 valence electrons. The lowest BCUT2D eigenvalue weighted by molar-refractivity contribution is 0.0601. The second-order valence-corrected chi connectivity index (χ2v) is 9.47. The highest BCUT2D eigenvalue weighted by molar-refractivity contribution is 7.98. The van der Waals surface area contributed by atoms with Gasteiger partial charge in [0, 0.05) is 13.1 Å². The summed E-state index contributed by atoms with van der Waals surface area (Å²) in [5.41, 5.74) is 2.71. The molecule has 0 amide bonds. The van der Waals surface area contributed by atoms with Gasteiger partial charge in [-0.05, 0) is 56.5 Å². The predicted molar refractivity (Wildman–Crippen MR) is 135 cm³/mol. The number of aryl methyl sites for hydroxylation is 1. The number of aromatic amines is 1. The molecule has 3 heterocycles. The van der Waals surface area contributed by atoms with Crippen LogP contribution in [0.5, 0.6) is 0 Å². The third-order valence-corrected chi connectivity index (χ3v) is 7.00. The highest BCUT2D eigenvalue weighted by atomic mass is 32.2. The van der Waals surface area contributed by atoms with Crippen LogP contribution in [0.1, 0.15) is 41.0 Å². The van der Waals surface area contributed by atoms with Crippen LogP contribution in [0.4, 0.5) is 5.95 Å². The number of aromatic nitrogens is 5. The Morgan fingerprint density at radius 2 is 1.86 bits per heavy atom. The van der Waals surface area contributed by atoms with Gasteiger partial charge in [0.25, 0.3) is 5.56 Å². The van der Waals surface area contributed by atoms with Crippen LogP contribution in [0.15, 0.2) is 52.4 Å². The molecule has 1 saturated heterocycles. The lowest BCUT2D eigenvalue weighted by Gasteiger charge is -2.27. The summed E-state index contributed by atoms with van der Waals surface area (Å²) in [6.07, 6.45) is 3.51. The number of hydrogen-bond donors (Lipinski definition) is 1. The van der Waals surface area contributed by atoms with Crippen molar-refractivity contribution >= 4 is 34.6 Å². The molecule has 0 radical (unpaired) electrons. The number of ether oxygens (including phenoxy) is 1. The Morgan fingerprint density at radius 3 is 2.60 bits per heavy atom. The summed E-state index contributed by atoms with van der Waals surface area (Å²) in [5, 5.41) is 10.2.